The first-order chi connectivity index (χ1) is 7.74. The van der Waals surface area contributed by atoms with E-state index in [0.29, 0.717) is 18.3 Å². The van der Waals surface area contributed by atoms with Crippen molar-refractivity contribution in [2.45, 2.75) is 6.61 Å². The third kappa shape index (κ3) is 2.97. The molecule has 3 nitrogen and oxygen atoms in total. The zero-order chi connectivity index (χ0) is 11.4. The topological polar surface area (TPSA) is 48.1 Å². The van der Waals surface area contributed by atoms with Crippen molar-refractivity contribution in [3.63, 3.8) is 0 Å². The first kappa shape index (κ1) is 11.0. The van der Waals surface area contributed by atoms with E-state index in [1.807, 2.05) is 30.3 Å². The zero-order valence-electron chi connectivity index (χ0n) is 8.56. The maximum absolute atomic E-state index is 5.55. The Hall–Kier alpha value is -1.55. The molecular weight excluding hydrogens is 268 g/mol. The Kier molecular flexibility index (Phi) is 3.41. The molecule has 82 valence electrons. The monoisotopic (exact) mass is 278 g/mol. The highest BCUT2D eigenvalue weighted by Crippen LogP contribution is 2.14. The average molecular weight is 279 g/mol. The van der Waals surface area contributed by atoms with Gasteiger partial charge in [0.25, 0.3) is 0 Å². The lowest BCUT2D eigenvalue weighted by atomic mass is 10.2. The summed E-state index contributed by atoms with van der Waals surface area (Å²) in [6, 6.07) is 13.3. The summed E-state index contributed by atoms with van der Waals surface area (Å²) in [6.07, 6.45) is 0. The molecular formula is C12H11BrN2O. The van der Waals surface area contributed by atoms with Crippen molar-refractivity contribution >= 4 is 21.7 Å². The first-order valence-corrected chi connectivity index (χ1v) is 5.63. The molecule has 0 bridgehead atoms. The number of halogens is 1. The Morgan fingerprint density at radius 1 is 1.19 bits per heavy atom. The standard InChI is InChI=1S/C12H11BrN2O/c13-10-4-1-3-9(7-10)8-16-12-6-2-5-11(14)15-12/h1-7H,8H2,(H2,14,15). The van der Waals surface area contributed by atoms with Gasteiger partial charge in [-0.1, -0.05) is 34.1 Å². The van der Waals surface area contributed by atoms with Gasteiger partial charge >= 0.3 is 0 Å². The van der Waals surface area contributed by atoms with Crippen molar-refractivity contribution in [3.05, 3.63) is 52.5 Å². The Morgan fingerprint density at radius 3 is 2.75 bits per heavy atom. The third-order valence-electron chi connectivity index (χ3n) is 2.02. The summed E-state index contributed by atoms with van der Waals surface area (Å²) in [7, 11) is 0. The number of anilines is 1. The van der Waals surface area contributed by atoms with Gasteiger partial charge in [-0.15, -0.1) is 0 Å². The van der Waals surface area contributed by atoms with Crippen LogP contribution in [0, 0.1) is 0 Å². The summed E-state index contributed by atoms with van der Waals surface area (Å²) in [4.78, 5) is 4.05. The molecule has 2 rings (SSSR count). The Labute approximate surface area is 102 Å². The summed E-state index contributed by atoms with van der Waals surface area (Å²) in [5.74, 6) is 1.01. The largest absolute Gasteiger partial charge is 0.473 e. The van der Waals surface area contributed by atoms with E-state index in [0.717, 1.165) is 10.0 Å². The number of hydrogen-bond acceptors (Lipinski definition) is 3. The lowest BCUT2D eigenvalue weighted by Gasteiger charge is -2.05. The molecule has 1 heterocycles. The van der Waals surface area contributed by atoms with Crippen LogP contribution in [0.15, 0.2) is 46.9 Å². The smallest absolute Gasteiger partial charge is 0.215 e. The molecule has 1 aromatic heterocycles. The van der Waals surface area contributed by atoms with Gasteiger partial charge in [0.2, 0.25) is 5.88 Å². The van der Waals surface area contributed by atoms with Gasteiger partial charge in [0.1, 0.15) is 12.4 Å². The van der Waals surface area contributed by atoms with Crippen LogP contribution in [0.2, 0.25) is 0 Å². The highest BCUT2D eigenvalue weighted by Gasteiger charge is 1.98. The number of nitrogens with two attached hydrogens (primary N) is 1. The van der Waals surface area contributed by atoms with Crippen molar-refractivity contribution < 1.29 is 4.74 Å². The third-order valence-corrected chi connectivity index (χ3v) is 2.51. The lowest BCUT2D eigenvalue weighted by molar-refractivity contribution is 0.294. The predicted molar refractivity (Wildman–Crippen MR) is 67.1 cm³/mol. The van der Waals surface area contributed by atoms with Crippen LogP contribution in [0.4, 0.5) is 5.82 Å². The van der Waals surface area contributed by atoms with Crippen molar-refractivity contribution in [2.75, 3.05) is 5.73 Å². The minimum absolute atomic E-state index is 0.465. The van der Waals surface area contributed by atoms with Crippen molar-refractivity contribution in [2.24, 2.45) is 0 Å². The summed E-state index contributed by atoms with van der Waals surface area (Å²) in [5, 5.41) is 0. The second-order valence-corrected chi connectivity index (χ2v) is 4.23. The number of pyridine rings is 1. The molecule has 0 aliphatic rings. The van der Waals surface area contributed by atoms with E-state index >= 15 is 0 Å². The molecule has 0 spiro atoms. The second kappa shape index (κ2) is 4.99. The van der Waals surface area contributed by atoms with E-state index in [9.17, 15) is 0 Å². The Morgan fingerprint density at radius 2 is 2.00 bits per heavy atom. The minimum atomic E-state index is 0.465. The van der Waals surface area contributed by atoms with E-state index in [-0.39, 0.29) is 0 Å². The molecule has 4 heteroatoms. The van der Waals surface area contributed by atoms with Crippen LogP contribution in [0.5, 0.6) is 5.88 Å². The molecule has 1 aromatic carbocycles. The second-order valence-electron chi connectivity index (χ2n) is 3.32. The zero-order valence-corrected chi connectivity index (χ0v) is 10.1. The molecule has 0 aliphatic carbocycles. The van der Waals surface area contributed by atoms with Crippen LogP contribution < -0.4 is 10.5 Å². The Bertz CT molecular complexity index is 442. The molecule has 0 fully saturated rings. The summed E-state index contributed by atoms with van der Waals surface area (Å²) < 4.78 is 6.55. The van der Waals surface area contributed by atoms with Gasteiger partial charge in [0, 0.05) is 10.5 Å². The van der Waals surface area contributed by atoms with Gasteiger partial charge in [0.15, 0.2) is 0 Å². The molecule has 0 amide bonds. The quantitative estimate of drug-likeness (QED) is 0.939. The minimum Gasteiger partial charge on any atom is -0.473 e. The maximum atomic E-state index is 5.55. The predicted octanol–water partition coefficient (Wildman–Crippen LogP) is 3.01. The number of ether oxygens (including phenoxy) is 1. The Balaban J connectivity index is 2.02. The fourth-order valence-electron chi connectivity index (χ4n) is 1.30. The number of hydrogen-bond donors (Lipinski definition) is 1. The van der Waals surface area contributed by atoms with Crippen LogP contribution in [0.1, 0.15) is 5.56 Å². The van der Waals surface area contributed by atoms with E-state index in [1.54, 1.807) is 12.1 Å². The van der Waals surface area contributed by atoms with Crippen LogP contribution >= 0.6 is 15.9 Å². The molecule has 0 unspecified atom stereocenters. The van der Waals surface area contributed by atoms with E-state index < -0.39 is 0 Å². The van der Waals surface area contributed by atoms with Crippen molar-refractivity contribution in [1.82, 2.24) is 4.98 Å². The lowest BCUT2D eigenvalue weighted by Crippen LogP contribution is -1.98. The van der Waals surface area contributed by atoms with Crippen LogP contribution in [-0.4, -0.2) is 4.98 Å². The van der Waals surface area contributed by atoms with Gasteiger partial charge < -0.3 is 10.5 Å². The normalized spacial score (nSPS) is 10.1. The number of aromatic nitrogens is 1. The van der Waals surface area contributed by atoms with E-state index in [1.165, 1.54) is 0 Å². The van der Waals surface area contributed by atoms with Gasteiger partial charge in [-0.3, -0.25) is 0 Å². The average Bonchev–Trinajstić information content (AvgIpc) is 2.27. The maximum Gasteiger partial charge on any atom is 0.215 e. The van der Waals surface area contributed by atoms with E-state index in [4.69, 9.17) is 10.5 Å². The summed E-state index contributed by atoms with van der Waals surface area (Å²) in [6.45, 7) is 0.482. The highest BCUT2D eigenvalue weighted by molar-refractivity contribution is 9.10. The summed E-state index contributed by atoms with van der Waals surface area (Å²) in [5.41, 5.74) is 6.64. The number of rotatable bonds is 3. The number of nitrogens with zero attached hydrogens (tertiary/aromatic N) is 1. The molecule has 0 saturated heterocycles. The fourth-order valence-corrected chi connectivity index (χ4v) is 1.74. The molecule has 0 aliphatic heterocycles. The molecule has 0 atom stereocenters. The molecule has 0 radical (unpaired) electrons. The van der Waals surface area contributed by atoms with Crippen LogP contribution in [0.25, 0.3) is 0 Å². The van der Waals surface area contributed by atoms with Crippen molar-refractivity contribution in [1.29, 1.82) is 0 Å². The number of nitrogen functional groups attached to an aromatic ring is 1. The fraction of sp³-hybridized carbons (Fsp3) is 0.0833. The van der Waals surface area contributed by atoms with E-state index in [2.05, 4.69) is 20.9 Å². The molecule has 2 aromatic rings. The summed E-state index contributed by atoms with van der Waals surface area (Å²) >= 11 is 3.41. The SMILES string of the molecule is Nc1cccc(OCc2cccc(Br)c2)n1. The molecule has 0 saturated carbocycles. The molecule has 16 heavy (non-hydrogen) atoms. The number of benzene rings is 1. The van der Waals surface area contributed by atoms with Gasteiger partial charge in [-0.25, -0.2) is 0 Å². The van der Waals surface area contributed by atoms with Gasteiger partial charge in [-0.2, -0.15) is 4.98 Å². The van der Waals surface area contributed by atoms with Gasteiger partial charge in [0.05, 0.1) is 0 Å². The van der Waals surface area contributed by atoms with Crippen LogP contribution in [0.3, 0.4) is 0 Å². The highest BCUT2D eigenvalue weighted by atomic mass is 79.9. The molecule has 2 N–H and O–H groups in total. The van der Waals surface area contributed by atoms with Crippen LogP contribution in [-0.2, 0) is 6.61 Å². The first-order valence-electron chi connectivity index (χ1n) is 4.84. The van der Waals surface area contributed by atoms with Gasteiger partial charge in [-0.05, 0) is 23.8 Å². The van der Waals surface area contributed by atoms with Crippen molar-refractivity contribution in [3.8, 4) is 5.88 Å².